The largest absolute Gasteiger partial charge is 0.392 e. The van der Waals surface area contributed by atoms with E-state index in [0.29, 0.717) is 0 Å². The summed E-state index contributed by atoms with van der Waals surface area (Å²) >= 11 is 0. The van der Waals surface area contributed by atoms with E-state index in [-0.39, 0.29) is 5.56 Å². The van der Waals surface area contributed by atoms with E-state index in [0.717, 1.165) is 6.07 Å². The van der Waals surface area contributed by atoms with Crippen molar-refractivity contribution in [1.29, 1.82) is 0 Å². The van der Waals surface area contributed by atoms with Gasteiger partial charge in [0, 0.05) is 5.56 Å². The molecular formula is C8H8F2O. The number of halogens is 2. The van der Waals surface area contributed by atoms with Gasteiger partial charge in [0.15, 0.2) is 11.6 Å². The molecule has 3 heteroatoms. The fourth-order valence-electron chi connectivity index (χ4n) is 0.732. The second-order valence-electron chi connectivity index (χ2n) is 2.17. The third kappa shape index (κ3) is 1.38. The molecule has 1 aromatic carbocycles. The van der Waals surface area contributed by atoms with Crippen molar-refractivity contribution in [3.63, 3.8) is 0 Å². The molecule has 0 saturated heterocycles. The molecule has 0 heterocycles. The second-order valence-corrected chi connectivity index (χ2v) is 2.17. The maximum Gasteiger partial charge on any atom is 0.164 e. The number of rotatable bonds is 1. The molecule has 1 N–H and O–H groups in total. The molecule has 0 unspecified atom stereocenters. The maximum atomic E-state index is 13.0. The number of hydrogen-bond acceptors (Lipinski definition) is 1. The Balaban J connectivity index is 3.35. The molecule has 0 spiro atoms. The van der Waals surface area contributed by atoms with Crippen LogP contribution in [-0.2, 0) is 6.56 Å². The Kier molecular flexibility index (Phi) is 1.53. The van der Waals surface area contributed by atoms with Crippen LogP contribution in [0.4, 0.5) is 8.78 Å². The van der Waals surface area contributed by atoms with E-state index in [9.17, 15) is 8.78 Å². The first kappa shape index (κ1) is 5.66. The van der Waals surface area contributed by atoms with E-state index in [1.807, 2.05) is 0 Å². The summed E-state index contributed by atoms with van der Waals surface area (Å²) in [7, 11) is 0. The van der Waals surface area contributed by atoms with Crippen LogP contribution in [0.1, 0.15) is 13.9 Å². The van der Waals surface area contributed by atoms with Gasteiger partial charge in [0.05, 0.1) is 9.30 Å². The van der Waals surface area contributed by atoms with Crippen LogP contribution in [0.15, 0.2) is 12.1 Å². The average Bonchev–Trinajstić information content (AvgIpc) is 1.98. The molecule has 0 aromatic heterocycles. The van der Waals surface area contributed by atoms with Crippen molar-refractivity contribution in [3.8, 4) is 0 Å². The predicted octanol–water partition coefficient (Wildman–Crippen LogP) is 1.77. The normalized spacial score (nSPS) is 14.2. The summed E-state index contributed by atoms with van der Waals surface area (Å²) in [4.78, 5) is 0. The van der Waals surface area contributed by atoms with Gasteiger partial charge in [-0.25, -0.2) is 8.78 Å². The van der Waals surface area contributed by atoms with Gasteiger partial charge >= 0.3 is 0 Å². The highest BCUT2D eigenvalue weighted by Crippen LogP contribution is 2.14. The van der Waals surface area contributed by atoms with Crippen molar-refractivity contribution >= 4 is 0 Å². The van der Waals surface area contributed by atoms with E-state index >= 15 is 0 Å². The van der Waals surface area contributed by atoms with E-state index in [4.69, 9.17) is 7.85 Å². The fourth-order valence-corrected chi connectivity index (χ4v) is 0.732. The van der Waals surface area contributed by atoms with Gasteiger partial charge in [-0.2, -0.15) is 0 Å². The van der Waals surface area contributed by atoms with Gasteiger partial charge in [-0.3, -0.25) is 0 Å². The van der Waals surface area contributed by atoms with E-state index in [2.05, 4.69) is 0 Å². The summed E-state index contributed by atoms with van der Waals surface area (Å²) in [5, 5.41) is 8.81. The molecule has 0 aliphatic carbocycles. The van der Waals surface area contributed by atoms with Crippen LogP contribution >= 0.6 is 0 Å². The van der Waals surface area contributed by atoms with Crippen LogP contribution in [0.25, 0.3) is 0 Å². The molecular weight excluding hydrogens is 150 g/mol. The zero-order chi connectivity index (χ0) is 10.2. The zero-order valence-corrected chi connectivity index (χ0v) is 5.86. The molecule has 0 bridgehead atoms. The summed E-state index contributed by atoms with van der Waals surface area (Å²) in [6, 6.07) is 2.23. The Hall–Kier alpha value is -0.960. The minimum Gasteiger partial charge on any atom is -0.392 e. The summed E-state index contributed by atoms with van der Waals surface area (Å²) in [5.41, 5.74) is -0.610. The molecule has 1 aromatic rings. The lowest BCUT2D eigenvalue weighted by Crippen LogP contribution is -1.95. The maximum absolute atomic E-state index is 13.0. The van der Waals surface area contributed by atoms with Crippen LogP contribution in [0.3, 0.4) is 0 Å². The topological polar surface area (TPSA) is 20.2 Å². The lowest BCUT2D eigenvalue weighted by atomic mass is 10.1. The summed E-state index contributed by atoms with van der Waals surface area (Å²) in [6.45, 7) is -1.49. The molecule has 1 nitrogen and oxygen atoms in total. The van der Waals surface area contributed by atoms with Gasteiger partial charge in [-0.15, -0.1) is 0 Å². The molecule has 0 radical (unpaired) electrons. The van der Waals surface area contributed by atoms with E-state index in [1.54, 1.807) is 0 Å². The van der Waals surface area contributed by atoms with Gasteiger partial charge in [0.1, 0.15) is 0 Å². The number of aryl methyl sites for hydroxylation is 1. The van der Waals surface area contributed by atoms with Crippen molar-refractivity contribution in [1.82, 2.24) is 0 Å². The molecule has 0 atom stereocenters. The van der Waals surface area contributed by atoms with Crippen LogP contribution < -0.4 is 0 Å². The number of benzene rings is 1. The van der Waals surface area contributed by atoms with Gasteiger partial charge in [-0.1, -0.05) is 12.1 Å². The van der Waals surface area contributed by atoms with Gasteiger partial charge in [0.25, 0.3) is 0 Å². The Bertz CT molecular complexity index is 334. The van der Waals surface area contributed by atoms with E-state index < -0.39 is 23.8 Å². The van der Waals surface area contributed by atoms with Crippen molar-refractivity contribution in [2.75, 3.05) is 0 Å². The summed E-state index contributed by atoms with van der Waals surface area (Å²) < 4.78 is 39.4. The van der Waals surface area contributed by atoms with Crippen molar-refractivity contribution in [2.45, 2.75) is 13.5 Å². The average molecular weight is 160 g/mol. The molecule has 0 saturated carbocycles. The third-order valence-corrected chi connectivity index (χ3v) is 1.40. The highest BCUT2D eigenvalue weighted by Gasteiger charge is 2.08. The third-order valence-electron chi connectivity index (χ3n) is 1.40. The molecule has 0 aliphatic heterocycles. The Morgan fingerprint density at radius 1 is 1.45 bits per heavy atom. The SMILES string of the molecule is [2H]C([2H])(O)c1ccc(C)c(F)c1F. The minimum atomic E-state index is -2.85. The Morgan fingerprint density at radius 2 is 2.09 bits per heavy atom. The molecule has 0 fully saturated rings. The standard InChI is InChI=1S/C8H8F2O/c1-5-2-3-6(4-11)8(10)7(5)9/h2-3,11H,4H2,1H3/i4D2. The van der Waals surface area contributed by atoms with Crippen molar-refractivity contribution in [3.05, 3.63) is 34.9 Å². The lowest BCUT2D eigenvalue weighted by Gasteiger charge is -2.01. The predicted molar refractivity (Wildman–Crippen MR) is 37.0 cm³/mol. The van der Waals surface area contributed by atoms with Crippen LogP contribution in [0.2, 0.25) is 0 Å². The summed E-state index contributed by atoms with van der Waals surface area (Å²) in [6.07, 6.45) is 0. The van der Waals surface area contributed by atoms with Gasteiger partial charge in [0.2, 0.25) is 0 Å². The lowest BCUT2D eigenvalue weighted by molar-refractivity contribution is 0.273. The fraction of sp³-hybridized carbons (Fsp3) is 0.250. The smallest absolute Gasteiger partial charge is 0.164 e. The van der Waals surface area contributed by atoms with Gasteiger partial charge < -0.3 is 5.11 Å². The highest BCUT2D eigenvalue weighted by atomic mass is 19.2. The Labute approximate surface area is 66.1 Å². The first-order valence-electron chi connectivity index (χ1n) is 4.01. The minimum absolute atomic E-state index is 0.0745. The zero-order valence-electron chi connectivity index (χ0n) is 7.86. The highest BCUT2D eigenvalue weighted by molar-refractivity contribution is 5.24. The first-order chi connectivity index (χ1) is 5.84. The quantitative estimate of drug-likeness (QED) is 0.663. The van der Waals surface area contributed by atoms with Crippen molar-refractivity contribution in [2.24, 2.45) is 0 Å². The number of hydrogen-bond donors (Lipinski definition) is 1. The number of aliphatic hydroxyl groups is 1. The monoisotopic (exact) mass is 160 g/mol. The molecule has 11 heavy (non-hydrogen) atoms. The van der Waals surface area contributed by atoms with Crippen molar-refractivity contribution < 1.29 is 16.6 Å². The van der Waals surface area contributed by atoms with Crippen LogP contribution in [-0.4, -0.2) is 5.11 Å². The van der Waals surface area contributed by atoms with E-state index in [1.165, 1.54) is 13.0 Å². The molecule has 0 amide bonds. The molecule has 0 aliphatic rings. The van der Waals surface area contributed by atoms with Crippen LogP contribution in [0.5, 0.6) is 0 Å². The molecule has 60 valence electrons. The van der Waals surface area contributed by atoms with Gasteiger partial charge in [-0.05, 0) is 12.5 Å². The van der Waals surface area contributed by atoms with Crippen LogP contribution in [0, 0.1) is 18.6 Å². The summed E-state index contributed by atoms with van der Waals surface area (Å²) in [5.74, 6) is -2.47. The molecule has 1 rings (SSSR count). The first-order valence-corrected chi connectivity index (χ1v) is 3.01. The Morgan fingerprint density at radius 3 is 2.64 bits per heavy atom. The second kappa shape index (κ2) is 2.96.